The van der Waals surface area contributed by atoms with Crippen LogP contribution in [0, 0.1) is 0 Å². The number of rotatable bonds is 6. The van der Waals surface area contributed by atoms with Crippen LogP contribution in [0.5, 0.6) is 0 Å². The SMILES string of the molecule is CCc1cnc(CNc2cccc(SC)c2C(N)=S)s1. The van der Waals surface area contributed by atoms with Gasteiger partial charge in [0.15, 0.2) is 0 Å². The minimum Gasteiger partial charge on any atom is -0.389 e. The number of thiocarbonyl (C=S) groups is 1. The summed E-state index contributed by atoms with van der Waals surface area (Å²) in [5.74, 6) is 0. The molecule has 3 N–H and O–H groups in total. The summed E-state index contributed by atoms with van der Waals surface area (Å²) in [6.45, 7) is 2.83. The molecule has 20 heavy (non-hydrogen) atoms. The van der Waals surface area contributed by atoms with Crippen molar-refractivity contribution in [1.82, 2.24) is 4.98 Å². The number of hydrogen-bond donors (Lipinski definition) is 2. The van der Waals surface area contributed by atoms with Crippen molar-refractivity contribution >= 4 is 46.0 Å². The molecule has 0 aliphatic heterocycles. The van der Waals surface area contributed by atoms with E-state index in [2.05, 4.69) is 17.2 Å². The van der Waals surface area contributed by atoms with Gasteiger partial charge in [-0.3, -0.25) is 0 Å². The molecular formula is C14H17N3S3. The molecule has 0 saturated carbocycles. The van der Waals surface area contributed by atoms with Gasteiger partial charge in [-0.25, -0.2) is 4.98 Å². The van der Waals surface area contributed by atoms with Crippen LogP contribution < -0.4 is 11.1 Å². The third-order valence-electron chi connectivity index (χ3n) is 2.87. The highest BCUT2D eigenvalue weighted by Gasteiger charge is 2.11. The van der Waals surface area contributed by atoms with Crippen LogP contribution >= 0.6 is 35.3 Å². The monoisotopic (exact) mass is 323 g/mol. The van der Waals surface area contributed by atoms with Gasteiger partial charge in [0.1, 0.15) is 10.00 Å². The maximum absolute atomic E-state index is 5.85. The number of nitrogens with zero attached hydrogens (tertiary/aromatic N) is 1. The van der Waals surface area contributed by atoms with Gasteiger partial charge in [-0.05, 0) is 24.8 Å². The summed E-state index contributed by atoms with van der Waals surface area (Å²) in [4.78, 5) is 7.22. The van der Waals surface area contributed by atoms with E-state index in [9.17, 15) is 0 Å². The van der Waals surface area contributed by atoms with Crippen LogP contribution in [0.4, 0.5) is 5.69 Å². The maximum atomic E-state index is 5.85. The Kier molecular flexibility index (Phi) is 5.39. The predicted octanol–water partition coefficient (Wildman–Crippen LogP) is 3.67. The Morgan fingerprint density at radius 3 is 2.90 bits per heavy atom. The number of aromatic nitrogens is 1. The largest absolute Gasteiger partial charge is 0.389 e. The lowest BCUT2D eigenvalue weighted by Crippen LogP contribution is -2.14. The molecule has 0 bridgehead atoms. The van der Waals surface area contributed by atoms with E-state index in [1.165, 1.54) is 4.88 Å². The molecule has 2 rings (SSSR count). The van der Waals surface area contributed by atoms with E-state index in [-0.39, 0.29) is 0 Å². The molecule has 0 spiro atoms. The fourth-order valence-corrected chi connectivity index (χ4v) is 3.59. The molecule has 106 valence electrons. The van der Waals surface area contributed by atoms with E-state index in [0.29, 0.717) is 11.5 Å². The standard InChI is InChI=1S/C14H17N3S3/c1-3-9-7-17-12(20-9)8-16-10-5-4-6-11(19-2)13(10)14(15)18/h4-7,16H,3,8H2,1-2H3,(H2,15,18). The van der Waals surface area contributed by atoms with Gasteiger partial charge in [0.2, 0.25) is 0 Å². The number of thioether (sulfide) groups is 1. The molecule has 3 nitrogen and oxygen atoms in total. The fourth-order valence-electron chi connectivity index (χ4n) is 1.87. The molecule has 6 heteroatoms. The average molecular weight is 324 g/mol. The summed E-state index contributed by atoms with van der Waals surface area (Å²) >= 11 is 8.55. The third-order valence-corrected chi connectivity index (χ3v) is 5.00. The number of nitrogens with two attached hydrogens (primary N) is 1. The molecular weight excluding hydrogens is 306 g/mol. The first-order chi connectivity index (χ1) is 9.65. The van der Waals surface area contributed by atoms with Gasteiger partial charge in [0.05, 0.1) is 6.54 Å². The Hall–Kier alpha value is -1.11. The van der Waals surface area contributed by atoms with Gasteiger partial charge < -0.3 is 11.1 Å². The van der Waals surface area contributed by atoms with Crippen molar-refractivity contribution in [2.75, 3.05) is 11.6 Å². The van der Waals surface area contributed by atoms with E-state index in [4.69, 9.17) is 18.0 Å². The molecule has 0 amide bonds. The molecule has 1 heterocycles. The van der Waals surface area contributed by atoms with Crippen LogP contribution in [0.25, 0.3) is 0 Å². The number of nitrogens with one attached hydrogen (secondary N) is 1. The molecule has 0 unspecified atom stereocenters. The van der Waals surface area contributed by atoms with Crippen LogP contribution in [-0.2, 0) is 13.0 Å². The second-order valence-electron chi connectivity index (χ2n) is 4.17. The van der Waals surface area contributed by atoms with Gasteiger partial charge in [0, 0.05) is 27.2 Å². The van der Waals surface area contributed by atoms with Gasteiger partial charge in [0.25, 0.3) is 0 Å². The van der Waals surface area contributed by atoms with Crippen LogP contribution in [0.15, 0.2) is 29.3 Å². The van der Waals surface area contributed by atoms with Gasteiger partial charge in [-0.1, -0.05) is 25.2 Å². The van der Waals surface area contributed by atoms with Crippen molar-refractivity contribution in [3.63, 3.8) is 0 Å². The second kappa shape index (κ2) is 7.06. The first-order valence-electron chi connectivity index (χ1n) is 6.30. The minimum atomic E-state index is 0.422. The third kappa shape index (κ3) is 3.50. The predicted molar refractivity (Wildman–Crippen MR) is 92.9 cm³/mol. The quantitative estimate of drug-likeness (QED) is 0.627. The Morgan fingerprint density at radius 1 is 1.50 bits per heavy atom. The number of thiazole rings is 1. The fraction of sp³-hybridized carbons (Fsp3) is 0.286. The van der Waals surface area contributed by atoms with E-state index in [0.717, 1.165) is 27.6 Å². The first-order valence-corrected chi connectivity index (χ1v) is 8.75. The minimum absolute atomic E-state index is 0.422. The van der Waals surface area contributed by atoms with Crippen LogP contribution in [0.3, 0.4) is 0 Å². The molecule has 0 fully saturated rings. The summed E-state index contributed by atoms with van der Waals surface area (Å²) in [6, 6.07) is 6.04. The molecule has 1 aromatic heterocycles. The smallest absolute Gasteiger partial charge is 0.112 e. The Bertz CT molecular complexity index is 607. The number of hydrogen-bond acceptors (Lipinski definition) is 5. The average Bonchev–Trinajstić information content (AvgIpc) is 2.92. The molecule has 0 atom stereocenters. The lowest BCUT2D eigenvalue weighted by atomic mass is 10.1. The van der Waals surface area contributed by atoms with E-state index < -0.39 is 0 Å². The Labute approximate surface area is 133 Å². The molecule has 0 aliphatic rings. The number of benzene rings is 1. The zero-order valence-corrected chi connectivity index (χ0v) is 13.9. The highest BCUT2D eigenvalue weighted by atomic mass is 32.2. The van der Waals surface area contributed by atoms with Gasteiger partial charge in [-0.15, -0.1) is 23.1 Å². The molecule has 0 saturated heterocycles. The van der Waals surface area contributed by atoms with Crippen LogP contribution in [-0.4, -0.2) is 16.2 Å². The summed E-state index contributed by atoms with van der Waals surface area (Å²) in [5, 5.41) is 4.46. The number of aryl methyl sites for hydroxylation is 1. The van der Waals surface area contributed by atoms with Gasteiger partial charge in [-0.2, -0.15) is 0 Å². The van der Waals surface area contributed by atoms with E-state index >= 15 is 0 Å². The topological polar surface area (TPSA) is 50.9 Å². The lowest BCUT2D eigenvalue weighted by molar-refractivity contribution is 1.09. The van der Waals surface area contributed by atoms with Crippen molar-refractivity contribution < 1.29 is 0 Å². The lowest BCUT2D eigenvalue weighted by Gasteiger charge is -2.13. The Morgan fingerprint density at radius 2 is 2.30 bits per heavy atom. The molecule has 0 radical (unpaired) electrons. The summed E-state index contributed by atoms with van der Waals surface area (Å²) in [5.41, 5.74) is 7.74. The van der Waals surface area contributed by atoms with Gasteiger partial charge >= 0.3 is 0 Å². The normalized spacial score (nSPS) is 10.5. The highest BCUT2D eigenvalue weighted by molar-refractivity contribution is 7.98. The maximum Gasteiger partial charge on any atom is 0.112 e. The van der Waals surface area contributed by atoms with Crippen molar-refractivity contribution in [1.29, 1.82) is 0 Å². The summed E-state index contributed by atoms with van der Waals surface area (Å²) in [6.07, 6.45) is 4.99. The van der Waals surface area contributed by atoms with Crippen LogP contribution in [0.2, 0.25) is 0 Å². The van der Waals surface area contributed by atoms with Crippen molar-refractivity contribution in [3.8, 4) is 0 Å². The van der Waals surface area contributed by atoms with Crippen molar-refractivity contribution in [2.24, 2.45) is 5.73 Å². The first kappa shape index (κ1) is 15.3. The number of anilines is 1. The molecule has 0 aliphatic carbocycles. The van der Waals surface area contributed by atoms with Crippen LogP contribution in [0.1, 0.15) is 22.4 Å². The summed E-state index contributed by atoms with van der Waals surface area (Å²) in [7, 11) is 0. The molecule has 2 aromatic rings. The van der Waals surface area contributed by atoms with Crippen molar-refractivity contribution in [2.45, 2.75) is 24.8 Å². The Balaban J connectivity index is 2.18. The highest BCUT2D eigenvalue weighted by Crippen LogP contribution is 2.27. The second-order valence-corrected chi connectivity index (χ2v) is 6.66. The molecule has 1 aromatic carbocycles. The van der Waals surface area contributed by atoms with Crippen molar-refractivity contribution in [3.05, 3.63) is 39.8 Å². The van der Waals surface area contributed by atoms with E-state index in [1.54, 1.807) is 23.1 Å². The summed E-state index contributed by atoms with van der Waals surface area (Å²) < 4.78 is 0. The van der Waals surface area contributed by atoms with E-state index in [1.807, 2.05) is 30.7 Å². The zero-order valence-electron chi connectivity index (χ0n) is 11.5. The zero-order chi connectivity index (χ0) is 14.5.